The molecule has 0 radical (unpaired) electrons. The lowest BCUT2D eigenvalue weighted by Gasteiger charge is -2.05. The van der Waals surface area contributed by atoms with Crippen LogP contribution in [0.25, 0.3) is 10.8 Å². The van der Waals surface area contributed by atoms with Crippen LogP contribution in [-0.2, 0) is 0 Å². The Morgan fingerprint density at radius 2 is 1.64 bits per heavy atom. The van der Waals surface area contributed by atoms with Crippen LogP contribution in [0.3, 0.4) is 0 Å². The summed E-state index contributed by atoms with van der Waals surface area (Å²) < 4.78 is 5.11. The minimum Gasteiger partial charge on any atom is -0.497 e. The molecule has 3 aromatic rings. The second-order valence-electron chi connectivity index (χ2n) is 5.01. The molecule has 0 bridgehead atoms. The first kappa shape index (κ1) is 14.2. The lowest BCUT2D eigenvalue weighted by atomic mass is 10.0. The van der Waals surface area contributed by atoms with Gasteiger partial charge in [0.15, 0.2) is 0 Å². The molecular weight excluding hydrogens is 272 g/mol. The van der Waals surface area contributed by atoms with Gasteiger partial charge in [-0.25, -0.2) is 0 Å². The number of aliphatic hydroxyl groups is 1. The molecule has 22 heavy (non-hydrogen) atoms. The summed E-state index contributed by atoms with van der Waals surface area (Å²) in [6.07, 6.45) is -0.799. The van der Waals surface area contributed by atoms with Crippen LogP contribution in [0.2, 0.25) is 0 Å². The van der Waals surface area contributed by atoms with Crippen molar-refractivity contribution in [2.24, 2.45) is 0 Å². The number of rotatable bonds is 2. The SMILES string of the molecule is COc1ccc(C#CC(O)c2ccc3ccccc3c2)cc1. The van der Waals surface area contributed by atoms with Crippen molar-refractivity contribution in [2.45, 2.75) is 6.10 Å². The second-order valence-corrected chi connectivity index (χ2v) is 5.01. The monoisotopic (exact) mass is 288 g/mol. The first-order chi connectivity index (χ1) is 10.8. The predicted molar refractivity (Wildman–Crippen MR) is 88.8 cm³/mol. The maximum atomic E-state index is 10.2. The van der Waals surface area contributed by atoms with Gasteiger partial charge in [-0.05, 0) is 46.7 Å². The Hall–Kier alpha value is -2.76. The molecule has 0 aliphatic carbocycles. The number of hydrogen-bond donors (Lipinski definition) is 1. The van der Waals surface area contributed by atoms with Gasteiger partial charge in [0.2, 0.25) is 0 Å². The third-order valence-corrected chi connectivity index (χ3v) is 3.53. The quantitative estimate of drug-likeness (QED) is 0.724. The van der Waals surface area contributed by atoms with Gasteiger partial charge >= 0.3 is 0 Å². The minimum atomic E-state index is -0.799. The fourth-order valence-electron chi connectivity index (χ4n) is 2.29. The summed E-state index contributed by atoms with van der Waals surface area (Å²) in [5.74, 6) is 6.66. The number of fused-ring (bicyclic) bond motifs is 1. The molecule has 0 spiro atoms. The topological polar surface area (TPSA) is 29.5 Å². The number of aliphatic hydroxyl groups excluding tert-OH is 1. The molecule has 108 valence electrons. The number of methoxy groups -OCH3 is 1. The van der Waals surface area contributed by atoms with Crippen LogP contribution in [0.15, 0.2) is 66.7 Å². The van der Waals surface area contributed by atoms with E-state index in [9.17, 15) is 5.11 Å². The van der Waals surface area contributed by atoms with Crippen molar-refractivity contribution in [3.63, 3.8) is 0 Å². The molecule has 0 heterocycles. The normalized spacial score (nSPS) is 11.5. The number of hydrogen-bond acceptors (Lipinski definition) is 2. The van der Waals surface area contributed by atoms with E-state index in [0.29, 0.717) is 0 Å². The Morgan fingerprint density at radius 3 is 2.36 bits per heavy atom. The van der Waals surface area contributed by atoms with Crippen LogP contribution in [0.1, 0.15) is 17.2 Å². The van der Waals surface area contributed by atoms with E-state index in [2.05, 4.69) is 17.9 Å². The highest BCUT2D eigenvalue weighted by molar-refractivity contribution is 5.83. The molecule has 1 unspecified atom stereocenters. The Bertz CT molecular complexity index is 839. The summed E-state index contributed by atoms with van der Waals surface area (Å²) in [6.45, 7) is 0. The summed E-state index contributed by atoms with van der Waals surface area (Å²) in [5, 5.41) is 12.5. The molecule has 0 saturated carbocycles. The largest absolute Gasteiger partial charge is 0.497 e. The van der Waals surface area contributed by atoms with Crippen LogP contribution >= 0.6 is 0 Å². The molecule has 0 aliphatic rings. The Balaban J connectivity index is 1.83. The van der Waals surface area contributed by atoms with Gasteiger partial charge in [-0.2, -0.15) is 0 Å². The van der Waals surface area contributed by atoms with Crippen molar-refractivity contribution in [1.82, 2.24) is 0 Å². The molecule has 0 saturated heterocycles. The molecule has 2 nitrogen and oxygen atoms in total. The molecule has 3 rings (SSSR count). The number of benzene rings is 3. The lowest BCUT2D eigenvalue weighted by Crippen LogP contribution is -1.93. The van der Waals surface area contributed by atoms with Gasteiger partial charge in [0.1, 0.15) is 11.9 Å². The van der Waals surface area contributed by atoms with Crippen molar-refractivity contribution in [3.05, 3.63) is 77.9 Å². The van der Waals surface area contributed by atoms with E-state index < -0.39 is 6.10 Å². The van der Waals surface area contributed by atoms with Crippen molar-refractivity contribution < 1.29 is 9.84 Å². The smallest absolute Gasteiger partial charge is 0.140 e. The van der Waals surface area contributed by atoms with Crippen LogP contribution in [0.4, 0.5) is 0 Å². The average Bonchev–Trinajstić information content (AvgIpc) is 2.59. The summed E-state index contributed by atoms with van der Waals surface area (Å²) in [5.41, 5.74) is 1.65. The van der Waals surface area contributed by atoms with E-state index in [-0.39, 0.29) is 0 Å². The van der Waals surface area contributed by atoms with Crippen molar-refractivity contribution in [1.29, 1.82) is 0 Å². The second kappa shape index (κ2) is 6.34. The van der Waals surface area contributed by atoms with E-state index in [0.717, 1.165) is 27.6 Å². The maximum absolute atomic E-state index is 10.2. The third kappa shape index (κ3) is 3.11. The first-order valence-electron chi connectivity index (χ1n) is 7.08. The van der Waals surface area contributed by atoms with Gasteiger partial charge in [-0.1, -0.05) is 48.2 Å². The Kier molecular flexibility index (Phi) is 4.09. The van der Waals surface area contributed by atoms with Gasteiger partial charge in [0, 0.05) is 5.56 Å². The van der Waals surface area contributed by atoms with Gasteiger partial charge < -0.3 is 9.84 Å². The zero-order valence-corrected chi connectivity index (χ0v) is 12.3. The standard InChI is InChI=1S/C20H16O2/c1-22-19-11-6-15(7-12-19)8-13-20(21)18-10-9-16-4-2-3-5-17(16)14-18/h2-7,9-12,14,20-21H,1H3. The molecule has 0 fully saturated rings. The molecule has 1 atom stereocenters. The van der Waals surface area contributed by atoms with Gasteiger partial charge in [-0.3, -0.25) is 0 Å². The van der Waals surface area contributed by atoms with Crippen LogP contribution in [-0.4, -0.2) is 12.2 Å². The van der Waals surface area contributed by atoms with E-state index >= 15 is 0 Å². The molecule has 0 aromatic heterocycles. The average molecular weight is 288 g/mol. The van der Waals surface area contributed by atoms with E-state index in [4.69, 9.17) is 4.74 Å². The minimum absolute atomic E-state index is 0.792. The lowest BCUT2D eigenvalue weighted by molar-refractivity contribution is 0.238. The summed E-state index contributed by atoms with van der Waals surface area (Å²) in [6, 6.07) is 21.4. The molecule has 1 N–H and O–H groups in total. The van der Waals surface area contributed by atoms with Crippen LogP contribution < -0.4 is 4.74 Å². The van der Waals surface area contributed by atoms with Crippen LogP contribution in [0, 0.1) is 11.8 Å². The van der Waals surface area contributed by atoms with E-state index in [1.54, 1.807) is 7.11 Å². The van der Waals surface area contributed by atoms with Crippen molar-refractivity contribution >= 4 is 10.8 Å². The van der Waals surface area contributed by atoms with Gasteiger partial charge in [-0.15, -0.1) is 0 Å². The fraction of sp³-hybridized carbons (Fsp3) is 0.100. The fourth-order valence-corrected chi connectivity index (χ4v) is 2.29. The van der Waals surface area contributed by atoms with Crippen molar-refractivity contribution in [3.8, 4) is 17.6 Å². The van der Waals surface area contributed by atoms with E-state index in [1.165, 1.54) is 0 Å². The predicted octanol–water partition coefficient (Wildman–Crippen LogP) is 3.93. The van der Waals surface area contributed by atoms with E-state index in [1.807, 2.05) is 60.7 Å². The molecule has 3 aromatic carbocycles. The van der Waals surface area contributed by atoms with Gasteiger partial charge in [0.25, 0.3) is 0 Å². The summed E-state index contributed by atoms with van der Waals surface area (Å²) in [7, 11) is 1.63. The molecule has 0 amide bonds. The zero-order valence-electron chi connectivity index (χ0n) is 12.3. The zero-order chi connectivity index (χ0) is 15.4. The van der Waals surface area contributed by atoms with Crippen LogP contribution in [0.5, 0.6) is 5.75 Å². The highest BCUT2D eigenvalue weighted by atomic mass is 16.5. The summed E-state index contributed by atoms with van der Waals surface area (Å²) in [4.78, 5) is 0. The maximum Gasteiger partial charge on any atom is 0.140 e. The Labute approximate surface area is 130 Å². The highest BCUT2D eigenvalue weighted by Gasteiger charge is 2.04. The highest BCUT2D eigenvalue weighted by Crippen LogP contribution is 2.20. The first-order valence-corrected chi connectivity index (χ1v) is 7.08. The molecule has 0 aliphatic heterocycles. The summed E-state index contributed by atoms with van der Waals surface area (Å²) >= 11 is 0. The molecule has 2 heteroatoms. The Morgan fingerprint density at radius 1 is 0.909 bits per heavy atom. The van der Waals surface area contributed by atoms with Crippen molar-refractivity contribution in [2.75, 3.05) is 7.11 Å². The molecular formula is C20H16O2. The number of ether oxygens (including phenoxy) is 1. The third-order valence-electron chi connectivity index (χ3n) is 3.53. The van der Waals surface area contributed by atoms with Gasteiger partial charge in [0.05, 0.1) is 7.11 Å².